The number of hydrogen-bond acceptors (Lipinski definition) is 1. The zero-order chi connectivity index (χ0) is 10.6. The lowest BCUT2D eigenvalue weighted by atomic mass is 9.88. The Balaban J connectivity index is 2.77. The molecular formula is C11H13BrClN. The molecule has 76 valence electrons. The summed E-state index contributed by atoms with van der Waals surface area (Å²) >= 11 is 9.23. The minimum absolute atomic E-state index is 0.0671. The third-order valence-electron chi connectivity index (χ3n) is 2.17. The summed E-state index contributed by atoms with van der Waals surface area (Å²) in [6.45, 7) is 5.88. The molecule has 0 radical (unpaired) electrons. The van der Waals surface area contributed by atoms with Gasteiger partial charge in [-0.15, -0.1) is 18.2 Å². The van der Waals surface area contributed by atoms with Gasteiger partial charge >= 0.3 is 0 Å². The molecule has 14 heavy (non-hydrogen) atoms. The fourth-order valence-corrected chi connectivity index (χ4v) is 1.54. The van der Waals surface area contributed by atoms with Gasteiger partial charge in [0.1, 0.15) is 0 Å². The van der Waals surface area contributed by atoms with Gasteiger partial charge in [-0.1, -0.05) is 13.0 Å². The van der Waals surface area contributed by atoms with Crippen molar-refractivity contribution in [2.45, 2.75) is 13.3 Å². The summed E-state index contributed by atoms with van der Waals surface area (Å²) in [4.78, 5) is 4.31. The van der Waals surface area contributed by atoms with Gasteiger partial charge in [-0.05, 0) is 34.5 Å². The minimum atomic E-state index is -0.0671. The van der Waals surface area contributed by atoms with Crippen molar-refractivity contribution in [3.63, 3.8) is 0 Å². The average molecular weight is 275 g/mol. The van der Waals surface area contributed by atoms with Crippen LogP contribution in [-0.2, 0) is 6.42 Å². The predicted molar refractivity (Wildman–Crippen MR) is 64.7 cm³/mol. The van der Waals surface area contributed by atoms with E-state index in [4.69, 9.17) is 11.6 Å². The third-order valence-corrected chi connectivity index (χ3v) is 3.25. The van der Waals surface area contributed by atoms with Crippen molar-refractivity contribution in [2.75, 3.05) is 5.88 Å². The first-order valence-corrected chi connectivity index (χ1v) is 5.72. The van der Waals surface area contributed by atoms with Crippen molar-refractivity contribution >= 4 is 27.5 Å². The second kappa shape index (κ2) is 4.94. The van der Waals surface area contributed by atoms with Crippen LogP contribution in [0.2, 0.25) is 0 Å². The molecule has 0 N–H and O–H groups in total. The predicted octanol–water partition coefficient (Wildman–Crippen LogP) is 3.82. The highest BCUT2D eigenvalue weighted by molar-refractivity contribution is 9.10. The highest BCUT2D eigenvalue weighted by Crippen LogP contribution is 2.24. The number of allylic oxidation sites excluding steroid dienone is 1. The van der Waals surface area contributed by atoms with Gasteiger partial charge in [-0.25, -0.2) is 0 Å². The van der Waals surface area contributed by atoms with Gasteiger partial charge in [-0.3, -0.25) is 4.98 Å². The second-order valence-corrected chi connectivity index (χ2v) is 4.82. The molecule has 0 aliphatic carbocycles. The van der Waals surface area contributed by atoms with Gasteiger partial charge in [0.05, 0.1) is 0 Å². The molecule has 0 fully saturated rings. The Labute approximate surface area is 98.3 Å². The number of halogens is 2. The summed E-state index contributed by atoms with van der Waals surface area (Å²) < 4.78 is 0.993. The monoisotopic (exact) mass is 273 g/mol. The molecule has 1 atom stereocenters. The molecule has 0 aliphatic rings. The van der Waals surface area contributed by atoms with Crippen LogP contribution in [0.25, 0.3) is 0 Å². The van der Waals surface area contributed by atoms with Crippen LogP contribution in [0.3, 0.4) is 0 Å². The molecule has 0 saturated carbocycles. The van der Waals surface area contributed by atoms with E-state index in [-0.39, 0.29) is 5.41 Å². The van der Waals surface area contributed by atoms with Gasteiger partial charge in [0.15, 0.2) is 0 Å². The van der Waals surface area contributed by atoms with Crippen LogP contribution >= 0.6 is 27.5 Å². The van der Waals surface area contributed by atoms with Crippen molar-refractivity contribution in [2.24, 2.45) is 5.41 Å². The quantitative estimate of drug-likeness (QED) is 0.601. The van der Waals surface area contributed by atoms with E-state index in [1.165, 1.54) is 0 Å². The first-order chi connectivity index (χ1) is 6.59. The molecule has 1 unspecified atom stereocenters. The lowest BCUT2D eigenvalue weighted by Gasteiger charge is -2.21. The minimum Gasteiger partial charge on any atom is -0.260 e. The Hall–Kier alpha value is -0.340. The van der Waals surface area contributed by atoms with Crippen LogP contribution < -0.4 is 0 Å². The summed E-state index contributed by atoms with van der Waals surface area (Å²) in [5, 5.41) is 0. The molecule has 3 heteroatoms. The van der Waals surface area contributed by atoms with Crippen molar-refractivity contribution in [3.05, 3.63) is 41.2 Å². The van der Waals surface area contributed by atoms with Crippen LogP contribution in [-0.4, -0.2) is 10.9 Å². The van der Waals surface area contributed by atoms with Gasteiger partial charge in [0.25, 0.3) is 0 Å². The molecule has 0 bridgehead atoms. The smallest absolute Gasteiger partial charge is 0.0413 e. The highest BCUT2D eigenvalue weighted by Gasteiger charge is 2.19. The molecule has 1 nitrogen and oxygen atoms in total. The topological polar surface area (TPSA) is 12.9 Å². The Kier molecular flexibility index (Phi) is 4.14. The molecule has 1 aromatic rings. The number of nitrogens with zero attached hydrogens (tertiary/aromatic N) is 1. The zero-order valence-corrected chi connectivity index (χ0v) is 10.5. The Morgan fingerprint density at radius 1 is 1.64 bits per heavy atom. The van der Waals surface area contributed by atoms with Crippen LogP contribution in [0, 0.1) is 5.41 Å². The number of rotatable bonds is 4. The summed E-state index contributed by atoms with van der Waals surface area (Å²) in [5.41, 5.74) is 0.971. The van der Waals surface area contributed by atoms with Crippen LogP contribution in [0.1, 0.15) is 12.6 Å². The van der Waals surface area contributed by atoms with Crippen molar-refractivity contribution in [3.8, 4) is 0 Å². The number of alkyl halides is 1. The molecule has 1 aromatic heterocycles. The highest BCUT2D eigenvalue weighted by atomic mass is 79.9. The van der Waals surface area contributed by atoms with Gasteiger partial charge in [-0.2, -0.15) is 0 Å². The van der Waals surface area contributed by atoms with E-state index in [1.807, 2.05) is 18.2 Å². The van der Waals surface area contributed by atoms with Crippen LogP contribution in [0.4, 0.5) is 0 Å². The first kappa shape index (κ1) is 11.7. The van der Waals surface area contributed by atoms with Gasteiger partial charge < -0.3 is 0 Å². The second-order valence-electron chi connectivity index (χ2n) is 3.64. The standard InChI is InChI=1S/C11H13BrClN/c1-3-11(2,8-13)6-10-5-4-9(12)7-14-10/h3-5,7H,1,6,8H2,2H3. The van der Waals surface area contributed by atoms with Gasteiger partial charge in [0.2, 0.25) is 0 Å². The van der Waals surface area contributed by atoms with E-state index in [9.17, 15) is 0 Å². The molecule has 0 aliphatic heterocycles. The normalized spacial score (nSPS) is 14.8. The maximum Gasteiger partial charge on any atom is 0.0413 e. The summed E-state index contributed by atoms with van der Waals surface area (Å²) in [7, 11) is 0. The lowest BCUT2D eigenvalue weighted by Crippen LogP contribution is -2.18. The SMILES string of the molecule is C=CC(C)(CCl)Cc1ccc(Br)cn1. The molecule has 1 rings (SSSR count). The molecule has 0 amide bonds. The fraction of sp³-hybridized carbons (Fsp3) is 0.364. The molecule has 0 aromatic carbocycles. The van der Waals surface area contributed by atoms with Gasteiger partial charge in [0, 0.05) is 27.7 Å². The third kappa shape index (κ3) is 3.10. The van der Waals surface area contributed by atoms with Crippen LogP contribution in [0.15, 0.2) is 35.5 Å². The summed E-state index contributed by atoms with van der Waals surface area (Å²) in [5.74, 6) is 0.564. The van der Waals surface area contributed by atoms with Crippen molar-refractivity contribution < 1.29 is 0 Å². The summed E-state index contributed by atoms with van der Waals surface area (Å²) in [6.07, 6.45) is 4.52. The lowest BCUT2D eigenvalue weighted by molar-refractivity contribution is 0.479. The van der Waals surface area contributed by atoms with E-state index in [0.29, 0.717) is 5.88 Å². The zero-order valence-electron chi connectivity index (χ0n) is 8.13. The van der Waals surface area contributed by atoms with E-state index >= 15 is 0 Å². The summed E-state index contributed by atoms with van der Waals surface area (Å²) in [6, 6.07) is 3.98. The molecular weight excluding hydrogens is 261 g/mol. The molecule has 1 heterocycles. The van der Waals surface area contributed by atoms with E-state index < -0.39 is 0 Å². The molecule has 0 saturated heterocycles. The Bertz CT molecular complexity index is 310. The van der Waals surface area contributed by atoms with Crippen molar-refractivity contribution in [1.82, 2.24) is 4.98 Å². The van der Waals surface area contributed by atoms with E-state index in [2.05, 4.69) is 34.4 Å². The largest absolute Gasteiger partial charge is 0.260 e. The van der Waals surface area contributed by atoms with Crippen molar-refractivity contribution in [1.29, 1.82) is 0 Å². The fourth-order valence-electron chi connectivity index (χ4n) is 1.10. The van der Waals surface area contributed by atoms with E-state index in [1.54, 1.807) is 6.20 Å². The Morgan fingerprint density at radius 3 is 2.79 bits per heavy atom. The number of pyridine rings is 1. The van der Waals surface area contributed by atoms with E-state index in [0.717, 1.165) is 16.6 Å². The maximum absolute atomic E-state index is 5.88. The average Bonchev–Trinajstić information content (AvgIpc) is 2.21. The first-order valence-electron chi connectivity index (χ1n) is 4.39. The number of aromatic nitrogens is 1. The molecule has 0 spiro atoms. The van der Waals surface area contributed by atoms with Crippen LogP contribution in [0.5, 0.6) is 0 Å². The maximum atomic E-state index is 5.88. The number of hydrogen-bond donors (Lipinski definition) is 0. The Morgan fingerprint density at radius 2 is 2.36 bits per heavy atom.